The topological polar surface area (TPSA) is 30.3 Å². The van der Waals surface area contributed by atoms with Crippen LogP contribution in [0.3, 0.4) is 0 Å². The van der Waals surface area contributed by atoms with Gasteiger partial charge in [-0.25, -0.2) is 0 Å². The van der Waals surface area contributed by atoms with E-state index in [0.29, 0.717) is 6.61 Å². The summed E-state index contributed by atoms with van der Waals surface area (Å²) in [6, 6.07) is 16.8. The molecule has 0 saturated carbocycles. The first-order valence-electron chi connectivity index (χ1n) is 8.42. The fourth-order valence-electron chi connectivity index (χ4n) is 2.79. The molecule has 0 N–H and O–H groups in total. The molecule has 0 spiro atoms. The molecule has 0 aliphatic heterocycles. The summed E-state index contributed by atoms with van der Waals surface area (Å²) in [4.78, 5) is 2.17. The second-order valence-corrected chi connectivity index (χ2v) is 6.47. The minimum absolute atomic E-state index is 0.684. The Morgan fingerprint density at radius 2 is 1.88 bits per heavy atom. The lowest BCUT2D eigenvalue weighted by atomic mass is 10.2. The lowest BCUT2D eigenvalue weighted by Gasteiger charge is -2.09. The van der Waals surface area contributed by atoms with E-state index in [2.05, 4.69) is 68.4 Å². The van der Waals surface area contributed by atoms with Gasteiger partial charge in [0.15, 0.2) is 0 Å². The molecule has 24 heavy (non-hydrogen) atoms. The molecule has 4 heteroatoms. The van der Waals surface area contributed by atoms with E-state index in [1.165, 1.54) is 11.1 Å². The van der Waals surface area contributed by atoms with Gasteiger partial charge in [0.2, 0.25) is 5.88 Å². The number of nitrogens with zero attached hydrogens (tertiary/aromatic N) is 3. The summed E-state index contributed by atoms with van der Waals surface area (Å²) in [6.45, 7) is 4.56. The molecular formula is C20H25N3O. The van der Waals surface area contributed by atoms with Crippen molar-refractivity contribution in [3.05, 3.63) is 59.7 Å². The van der Waals surface area contributed by atoms with Crippen molar-refractivity contribution in [2.75, 3.05) is 27.2 Å². The summed E-state index contributed by atoms with van der Waals surface area (Å²) in [7, 11) is 4.15. The van der Waals surface area contributed by atoms with Crippen LogP contribution in [-0.2, 0) is 6.54 Å². The minimum Gasteiger partial charge on any atom is -0.476 e. The molecule has 2 aromatic carbocycles. The van der Waals surface area contributed by atoms with Gasteiger partial charge in [0.1, 0.15) is 0 Å². The monoisotopic (exact) mass is 323 g/mol. The summed E-state index contributed by atoms with van der Waals surface area (Å²) in [5, 5.41) is 5.81. The van der Waals surface area contributed by atoms with E-state index in [0.717, 1.165) is 36.3 Å². The highest BCUT2D eigenvalue weighted by Crippen LogP contribution is 2.26. The van der Waals surface area contributed by atoms with E-state index in [-0.39, 0.29) is 0 Å². The molecule has 4 nitrogen and oxygen atoms in total. The number of fused-ring (bicyclic) bond motifs is 1. The Balaban J connectivity index is 1.84. The third-order valence-corrected chi connectivity index (χ3v) is 4.04. The van der Waals surface area contributed by atoms with Gasteiger partial charge >= 0.3 is 0 Å². The van der Waals surface area contributed by atoms with Crippen molar-refractivity contribution in [1.82, 2.24) is 14.7 Å². The van der Waals surface area contributed by atoms with Crippen LogP contribution < -0.4 is 4.74 Å². The van der Waals surface area contributed by atoms with Crippen LogP contribution in [0.5, 0.6) is 5.88 Å². The molecule has 3 rings (SSSR count). The molecule has 0 fully saturated rings. The number of aromatic nitrogens is 2. The zero-order valence-corrected chi connectivity index (χ0v) is 14.7. The first-order chi connectivity index (χ1) is 11.6. The van der Waals surface area contributed by atoms with E-state index >= 15 is 0 Å². The molecule has 0 radical (unpaired) electrons. The van der Waals surface area contributed by atoms with Gasteiger partial charge in [-0.3, -0.25) is 4.68 Å². The molecule has 1 heterocycles. The molecule has 126 valence electrons. The van der Waals surface area contributed by atoms with Crippen molar-refractivity contribution in [2.45, 2.75) is 19.9 Å². The minimum atomic E-state index is 0.684. The number of rotatable bonds is 7. The van der Waals surface area contributed by atoms with Crippen LogP contribution in [0.25, 0.3) is 10.9 Å². The molecule has 0 aliphatic rings. The third kappa shape index (κ3) is 3.95. The number of hydrogen-bond acceptors (Lipinski definition) is 3. The Labute approximate surface area is 143 Å². The van der Waals surface area contributed by atoms with Gasteiger partial charge in [-0.05, 0) is 50.7 Å². The van der Waals surface area contributed by atoms with Crippen molar-refractivity contribution < 1.29 is 4.74 Å². The van der Waals surface area contributed by atoms with Gasteiger partial charge in [0.05, 0.1) is 24.1 Å². The maximum absolute atomic E-state index is 5.97. The molecule has 0 atom stereocenters. The Hall–Kier alpha value is -2.33. The molecule has 0 bridgehead atoms. The molecular weight excluding hydrogens is 298 g/mol. The second-order valence-electron chi connectivity index (χ2n) is 6.47. The smallest absolute Gasteiger partial charge is 0.240 e. The van der Waals surface area contributed by atoms with Crippen LogP contribution in [0.2, 0.25) is 0 Å². The SMILES string of the molecule is Cc1ccc2c(OCCCN(C)C)nn(Cc3ccccc3)c2c1. The second kappa shape index (κ2) is 7.49. The van der Waals surface area contributed by atoms with Crippen LogP contribution in [0.1, 0.15) is 17.5 Å². The Morgan fingerprint density at radius 1 is 1.08 bits per heavy atom. The summed E-state index contributed by atoms with van der Waals surface area (Å²) in [5.74, 6) is 0.736. The standard InChI is InChI=1S/C20H25N3O/c1-16-10-11-18-19(14-16)23(15-17-8-5-4-6-9-17)21-20(18)24-13-7-12-22(2)3/h4-6,8-11,14H,7,12-13,15H2,1-3H3. The highest BCUT2D eigenvalue weighted by Gasteiger charge is 2.12. The highest BCUT2D eigenvalue weighted by atomic mass is 16.5. The molecule has 0 saturated heterocycles. The van der Waals surface area contributed by atoms with Crippen LogP contribution >= 0.6 is 0 Å². The molecule has 1 aromatic heterocycles. The maximum Gasteiger partial charge on any atom is 0.240 e. The predicted molar refractivity (Wildman–Crippen MR) is 98.7 cm³/mol. The molecule has 3 aromatic rings. The average Bonchev–Trinajstić information content (AvgIpc) is 2.89. The van der Waals surface area contributed by atoms with Gasteiger partial charge in [0.25, 0.3) is 0 Å². The van der Waals surface area contributed by atoms with E-state index < -0.39 is 0 Å². The highest BCUT2D eigenvalue weighted by molar-refractivity contribution is 5.85. The summed E-state index contributed by atoms with van der Waals surface area (Å²) in [6.07, 6.45) is 0.992. The normalized spacial score (nSPS) is 11.3. The summed E-state index contributed by atoms with van der Waals surface area (Å²) in [5.41, 5.74) is 3.60. The number of aryl methyl sites for hydroxylation is 1. The van der Waals surface area contributed by atoms with Crippen LogP contribution in [0, 0.1) is 6.92 Å². The zero-order chi connectivity index (χ0) is 16.9. The average molecular weight is 323 g/mol. The number of benzene rings is 2. The van der Waals surface area contributed by atoms with Crippen molar-refractivity contribution in [3.8, 4) is 5.88 Å². The molecule has 0 aliphatic carbocycles. The van der Waals surface area contributed by atoms with Crippen LogP contribution in [0.4, 0.5) is 0 Å². The Kier molecular flexibility index (Phi) is 5.16. The summed E-state index contributed by atoms with van der Waals surface area (Å²) < 4.78 is 8.01. The van der Waals surface area contributed by atoms with Gasteiger partial charge < -0.3 is 9.64 Å². The van der Waals surface area contributed by atoms with Gasteiger partial charge in [-0.15, -0.1) is 5.10 Å². The molecule has 0 amide bonds. The Bertz CT molecular complexity index is 793. The van der Waals surface area contributed by atoms with Gasteiger partial charge in [-0.1, -0.05) is 36.4 Å². The number of ether oxygens (including phenoxy) is 1. The van der Waals surface area contributed by atoms with Crippen LogP contribution in [0.15, 0.2) is 48.5 Å². The number of hydrogen-bond donors (Lipinski definition) is 0. The first-order valence-corrected chi connectivity index (χ1v) is 8.42. The van der Waals surface area contributed by atoms with Crippen LogP contribution in [-0.4, -0.2) is 41.9 Å². The third-order valence-electron chi connectivity index (χ3n) is 4.04. The van der Waals surface area contributed by atoms with Gasteiger partial charge in [-0.2, -0.15) is 0 Å². The molecule has 0 unspecified atom stereocenters. The predicted octanol–water partition coefficient (Wildman–Crippen LogP) is 3.72. The van der Waals surface area contributed by atoms with E-state index in [1.54, 1.807) is 0 Å². The van der Waals surface area contributed by atoms with Gasteiger partial charge in [0, 0.05) is 6.54 Å². The zero-order valence-electron chi connectivity index (χ0n) is 14.7. The van der Waals surface area contributed by atoms with Crippen molar-refractivity contribution in [3.63, 3.8) is 0 Å². The Morgan fingerprint density at radius 3 is 2.62 bits per heavy atom. The van der Waals surface area contributed by atoms with E-state index in [4.69, 9.17) is 9.84 Å². The maximum atomic E-state index is 5.97. The van der Waals surface area contributed by atoms with Crippen molar-refractivity contribution >= 4 is 10.9 Å². The van der Waals surface area contributed by atoms with Crippen molar-refractivity contribution in [2.24, 2.45) is 0 Å². The van der Waals surface area contributed by atoms with E-state index in [9.17, 15) is 0 Å². The fourth-order valence-corrected chi connectivity index (χ4v) is 2.79. The lowest BCUT2D eigenvalue weighted by molar-refractivity contribution is 0.273. The fraction of sp³-hybridized carbons (Fsp3) is 0.350. The van der Waals surface area contributed by atoms with E-state index in [1.807, 2.05) is 10.7 Å². The van der Waals surface area contributed by atoms with Crippen molar-refractivity contribution in [1.29, 1.82) is 0 Å². The first kappa shape index (κ1) is 16.5. The lowest BCUT2D eigenvalue weighted by Crippen LogP contribution is -2.15. The summed E-state index contributed by atoms with van der Waals surface area (Å²) >= 11 is 0. The quantitative estimate of drug-likeness (QED) is 0.621. The largest absolute Gasteiger partial charge is 0.476 e.